The van der Waals surface area contributed by atoms with E-state index in [-0.39, 0.29) is 6.42 Å². The van der Waals surface area contributed by atoms with E-state index < -0.39 is 52.8 Å². The first-order valence-corrected chi connectivity index (χ1v) is 10.0. The summed E-state index contributed by atoms with van der Waals surface area (Å²) in [6.45, 7) is 1.70. The van der Waals surface area contributed by atoms with Crippen molar-refractivity contribution in [1.82, 2.24) is 0 Å². The molecule has 0 heterocycles. The third kappa shape index (κ3) is 5.55. The van der Waals surface area contributed by atoms with Gasteiger partial charge in [-0.1, -0.05) is 41.9 Å². The molecule has 174 valence electrons. The lowest BCUT2D eigenvalue weighted by Gasteiger charge is -2.14. The summed E-state index contributed by atoms with van der Waals surface area (Å²) >= 11 is 5.86. The zero-order valence-electron chi connectivity index (χ0n) is 17.1. The van der Waals surface area contributed by atoms with E-state index in [4.69, 9.17) is 11.6 Å². The molecule has 0 amide bonds. The van der Waals surface area contributed by atoms with Crippen LogP contribution in [0.15, 0.2) is 42.5 Å². The van der Waals surface area contributed by atoms with Crippen LogP contribution in [-0.2, 0) is 30.2 Å². The molecule has 0 fully saturated rings. The Morgan fingerprint density at radius 3 is 1.91 bits per heavy atom. The highest BCUT2D eigenvalue weighted by atomic mass is 35.5. The van der Waals surface area contributed by atoms with Gasteiger partial charge in [0, 0.05) is 23.4 Å². The first-order valence-electron chi connectivity index (χ1n) is 9.65. The minimum atomic E-state index is -5.64. The van der Waals surface area contributed by atoms with Crippen LogP contribution in [0.3, 0.4) is 0 Å². The number of aryl methyl sites for hydroxylation is 1. The molecule has 0 unspecified atom stereocenters. The molecule has 0 atom stereocenters. The summed E-state index contributed by atoms with van der Waals surface area (Å²) in [7, 11) is 0. The summed E-state index contributed by atoms with van der Waals surface area (Å²) in [5.74, 6) is -10.4. The van der Waals surface area contributed by atoms with Gasteiger partial charge in [0.25, 0.3) is 0 Å². The number of benzene rings is 3. The van der Waals surface area contributed by atoms with Gasteiger partial charge >= 0.3 is 6.18 Å². The molecule has 0 N–H and O–H groups in total. The monoisotopic (exact) mass is 488 g/mol. The van der Waals surface area contributed by atoms with Gasteiger partial charge in [-0.2, -0.15) is 13.2 Å². The maximum atomic E-state index is 14.1. The lowest BCUT2D eigenvalue weighted by atomic mass is 9.94. The molecule has 0 saturated heterocycles. The number of rotatable bonds is 6. The van der Waals surface area contributed by atoms with Crippen molar-refractivity contribution in [3.05, 3.63) is 104 Å². The highest BCUT2D eigenvalue weighted by Gasteiger charge is 2.42. The van der Waals surface area contributed by atoms with E-state index >= 15 is 0 Å². The van der Waals surface area contributed by atoms with Crippen LogP contribution in [0, 0.1) is 30.2 Å². The second kappa shape index (κ2) is 9.55. The van der Waals surface area contributed by atoms with E-state index in [0.29, 0.717) is 22.6 Å². The number of carbonyl (C=O) groups excluding carboxylic acids is 1. The summed E-state index contributed by atoms with van der Waals surface area (Å²) in [5.41, 5.74) is -1.07. The molecule has 0 spiro atoms. The lowest BCUT2D eigenvalue weighted by molar-refractivity contribution is -0.143. The fraction of sp³-hybridized carbons (Fsp3) is 0.208. The van der Waals surface area contributed by atoms with Gasteiger partial charge in [0.15, 0.2) is 23.3 Å². The number of Topliss-reactive ketones (excluding diaryl/α,β-unsaturated/α-hetero) is 1. The van der Waals surface area contributed by atoms with Gasteiger partial charge in [-0.15, -0.1) is 0 Å². The molecule has 3 rings (SSSR count). The number of carbonyl (C=O) groups is 1. The maximum Gasteiger partial charge on any atom is 0.422 e. The number of hydrogen-bond donors (Lipinski definition) is 0. The van der Waals surface area contributed by atoms with Crippen molar-refractivity contribution in [1.29, 1.82) is 0 Å². The van der Waals surface area contributed by atoms with E-state index in [1.165, 1.54) is 0 Å². The fourth-order valence-corrected chi connectivity index (χ4v) is 3.54. The van der Waals surface area contributed by atoms with Crippen LogP contribution in [0.2, 0.25) is 5.02 Å². The summed E-state index contributed by atoms with van der Waals surface area (Å²) in [6, 6.07) is 12.4. The average Bonchev–Trinajstić information content (AvgIpc) is 2.73. The molecule has 0 saturated carbocycles. The van der Waals surface area contributed by atoms with Gasteiger partial charge in [-0.25, -0.2) is 17.6 Å². The largest absolute Gasteiger partial charge is 0.422 e. The molecule has 0 bridgehead atoms. The predicted octanol–water partition coefficient (Wildman–Crippen LogP) is 7.17. The van der Waals surface area contributed by atoms with Crippen molar-refractivity contribution >= 4 is 17.4 Å². The molecular formula is C24H16ClF7O. The number of halogens is 8. The minimum Gasteiger partial charge on any atom is -0.299 e. The van der Waals surface area contributed by atoms with Gasteiger partial charge in [0.05, 0.1) is 0 Å². The smallest absolute Gasteiger partial charge is 0.299 e. The number of alkyl halides is 3. The van der Waals surface area contributed by atoms with Crippen molar-refractivity contribution in [2.45, 2.75) is 32.4 Å². The molecule has 0 aromatic heterocycles. The van der Waals surface area contributed by atoms with Gasteiger partial charge in [-0.05, 0) is 47.7 Å². The molecule has 33 heavy (non-hydrogen) atoms. The van der Waals surface area contributed by atoms with Crippen LogP contribution in [0.5, 0.6) is 0 Å². The van der Waals surface area contributed by atoms with E-state index in [1.807, 2.05) is 18.2 Å². The molecular weight excluding hydrogens is 473 g/mol. The Labute approximate surface area is 189 Å². The molecule has 0 aliphatic heterocycles. The van der Waals surface area contributed by atoms with Crippen LogP contribution in [0.4, 0.5) is 30.7 Å². The van der Waals surface area contributed by atoms with Crippen molar-refractivity contribution in [3.63, 3.8) is 0 Å². The zero-order valence-corrected chi connectivity index (χ0v) is 17.9. The molecule has 1 nitrogen and oxygen atoms in total. The van der Waals surface area contributed by atoms with Crippen LogP contribution >= 0.6 is 11.6 Å². The Kier molecular flexibility index (Phi) is 7.17. The van der Waals surface area contributed by atoms with Crippen molar-refractivity contribution < 1.29 is 35.5 Å². The third-order valence-corrected chi connectivity index (χ3v) is 5.39. The standard InChI is InChI=1S/C24H16ClF7O/c1-12-2-3-14(8-13-4-6-16(25)7-5-13)9-15(12)10-17(33)11-18-20(26)22(28)19(24(30,31)32)23(29)21(18)27/h2-7,9H,8,10-11H2,1H3. The Morgan fingerprint density at radius 2 is 1.36 bits per heavy atom. The van der Waals surface area contributed by atoms with Gasteiger partial charge in [0.2, 0.25) is 0 Å². The molecule has 0 radical (unpaired) electrons. The van der Waals surface area contributed by atoms with Gasteiger partial charge in [-0.3, -0.25) is 4.79 Å². The van der Waals surface area contributed by atoms with Crippen molar-refractivity contribution in [3.8, 4) is 0 Å². The Bertz CT molecular complexity index is 1170. The highest BCUT2D eigenvalue weighted by molar-refractivity contribution is 6.30. The quantitative estimate of drug-likeness (QED) is 0.265. The van der Waals surface area contributed by atoms with Gasteiger partial charge in [0.1, 0.15) is 11.3 Å². The molecule has 3 aromatic carbocycles. The Morgan fingerprint density at radius 1 is 0.818 bits per heavy atom. The maximum absolute atomic E-state index is 14.1. The van der Waals surface area contributed by atoms with Crippen molar-refractivity contribution in [2.24, 2.45) is 0 Å². The second-order valence-corrected chi connectivity index (χ2v) is 8.00. The Balaban J connectivity index is 1.83. The predicted molar refractivity (Wildman–Crippen MR) is 109 cm³/mol. The van der Waals surface area contributed by atoms with E-state index in [0.717, 1.165) is 11.1 Å². The molecule has 3 aromatic rings. The lowest BCUT2D eigenvalue weighted by Crippen LogP contribution is -2.19. The van der Waals surface area contributed by atoms with Crippen LogP contribution in [-0.4, -0.2) is 5.78 Å². The minimum absolute atomic E-state index is 0.330. The van der Waals surface area contributed by atoms with Crippen LogP contribution in [0.1, 0.15) is 33.4 Å². The van der Waals surface area contributed by atoms with Crippen LogP contribution in [0.25, 0.3) is 0 Å². The molecule has 9 heteroatoms. The SMILES string of the molecule is Cc1ccc(Cc2ccc(Cl)cc2)cc1CC(=O)Cc1c(F)c(F)c(C(F)(F)F)c(F)c1F. The van der Waals surface area contributed by atoms with Crippen molar-refractivity contribution in [2.75, 3.05) is 0 Å². The normalized spacial score (nSPS) is 11.7. The molecule has 0 aliphatic rings. The summed E-state index contributed by atoms with van der Waals surface area (Å²) in [5, 5.41) is 0.574. The third-order valence-electron chi connectivity index (χ3n) is 5.13. The number of hydrogen-bond acceptors (Lipinski definition) is 1. The average molecular weight is 489 g/mol. The first-order chi connectivity index (χ1) is 15.4. The summed E-state index contributed by atoms with van der Waals surface area (Å²) in [6.07, 6.45) is -6.56. The highest BCUT2D eigenvalue weighted by Crippen LogP contribution is 2.37. The second-order valence-electron chi connectivity index (χ2n) is 7.56. The zero-order chi connectivity index (χ0) is 24.5. The Hall–Kier alpha value is -2.87. The van der Waals surface area contributed by atoms with E-state index in [9.17, 15) is 35.5 Å². The fourth-order valence-electron chi connectivity index (χ4n) is 3.42. The summed E-state index contributed by atoms with van der Waals surface area (Å²) < 4.78 is 94.0. The van der Waals surface area contributed by atoms with Crippen LogP contribution < -0.4 is 0 Å². The van der Waals surface area contributed by atoms with Gasteiger partial charge < -0.3 is 0 Å². The topological polar surface area (TPSA) is 17.1 Å². The summed E-state index contributed by atoms with van der Waals surface area (Å²) in [4.78, 5) is 12.4. The number of ketones is 1. The van der Waals surface area contributed by atoms with E-state index in [1.54, 1.807) is 31.2 Å². The van der Waals surface area contributed by atoms with E-state index in [2.05, 4.69) is 0 Å². The molecule has 0 aliphatic carbocycles. The first kappa shape index (κ1) is 24.8.